The van der Waals surface area contributed by atoms with E-state index in [-0.39, 0.29) is 0 Å². The smallest absolute Gasteiger partial charge is 0.0150 e. The van der Waals surface area contributed by atoms with E-state index in [1.165, 1.54) is 16.7 Å². The molecular weight excluding hydrogens is 170 g/mol. The second-order valence-electron chi connectivity index (χ2n) is 4.24. The van der Waals surface area contributed by atoms with E-state index in [0.717, 1.165) is 0 Å². The molecule has 1 nitrogen and oxygen atoms in total. The van der Waals surface area contributed by atoms with Crippen molar-refractivity contribution in [1.82, 2.24) is 0 Å². The zero-order chi connectivity index (χ0) is 10.1. The van der Waals surface area contributed by atoms with Crippen molar-refractivity contribution in [3.8, 4) is 0 Å². The van der Waals surface area contributed by atoms with Crippen LogP contribution in [0.25, 0.3) is 6.08 Å². The highest BCUT2D eigenvalue weighted by molar-refractivity contribution is 5.63. The number of hydrogen-bond donors (Lipinski definition) is 1. The summed E-state index contributed by atoms with van der Waals surface area (Å²) in [4.78, 5) is 0. The first-order chi connectivity index (χ1) is 6.72. The van der Waals surface area contributed by atoms with Crippen LogP contribution >= 0.6 is 0 Å². The second-order valence-corrected chi connectivity index (χ2v) is 4.24. The Bertz CT molecular complexity index is 363. The molecule has 0 saturated carbocycles. The van der Waals surface area contributed by atoms with Crippen molar-refractivity contribution in [1.29, 1.82) is 0 Å². The summed E-state index contributed by atoms with van der Waals surface area (Å²) in [5.41, 5.74) is 9.84. The molecule has 0 radical (unpaired) electrons. The van der Waals surface area contributed by atoms with Crippen LogP contribution in [0.5, 0.6) is 0 Å². The molecule has 1 unspecified atom stereocenters. The summed E-state index contributed by atoms with van der Waals surface area (Å²) in [6.45, 7) is 5.16. The van der Waals surface area contributed by atoms with E-state index in [4.69, 9.17) is 5.73 Å². The fraction of sp³-hybridized carbons (Fsp3) is 0.385. The lowest BCUT2D eigenvalue weighted by Gasteiger charge is -2.11. The lowest BCUT2D eigenvalue weighted by atomic mass is 9.95. The zero-order valence-electron chi connectivity index (χ0n) is 8.83. The van der Waals surface area contributed by atoms with E-state index in [1.807, 2.05) is 0 Å². The van der Waals surface area contributed by atoms with Gasteiger partial charge in [-0.15, -0.1) is 0 Å². The molecule has 1 aliphatic carbocycles. The summed E-state index contributed by atoms with van der Waals surface area (Å²) in [6, 6.07) is 6.73. The Hall–Kier alpha value is -1.08. The molecule has 0 amide bonds. The zero-order valence-corrected chi connectivity index (χ0v) is 8.83. The van der Waals surface area contributed by atoms with Crippen molar-refractivity contribution in [2.45, 2.75) is 25.7 Å². The number of hydrogen-bond acceptors (Lipinski definition) is 1. The largest absolute Gasteiger partial charge is 0.330 e. The molecule has 1 aromatic rings. The molecule has 0 bridgehead atoms. The van der Waals surface area contributed by atoms with Crippen LogP contribution in [0, 0.1) is 0 Å². The maximum Gasteiger partial charge on any atom is 0.0150 e. The molecule has 14 heavy (non-hydrogen) atoms. The summed E-state index contributed by atoms with van der Waals surface area (Å²) in [6.07, 6.45) is 4.40. The molecule has 0 heterocycles. The topological polar surface area (TPSA) is 26.0 Å². The molecule has 2 rings (SSSR count). The Morgan fingerprint density at radius 3 is 2.79 bits per heavy atom. The third kappa shape index (κ3) is 1.48. The molecule has 0 fully saturated rings. The van der Waals surface area contributed by atoms with E-state index in [1.54, 1.807) is 0 Å². The van der Waals surface area contributed by atoms with E-state index in [2.05, 4.69) is 44.2 Å². The van der Waals surface area contributed by atoms with Crippen LogP contribution in [0.2, 0.25) is 0 Å². The van der Waals surface area contributed by atoms with Gasteiger partial charge >= 0.3 is 0 Å². The highest BCUT2D eigenvalue weighted by Crippen LogP contribution is 2.31. The van der Waals surface area contributed by atoms with Gasteiger partial charge in [0.15, 0.2) is 0 Å². The predicted molar refractivity (Wildman–Crippen MR) is 61.4 cm³/mol. The van der Waals surface area contributed by atoms with Crippen molar-refractivity contribution in [2.24, 2.45) is 5.73 Å². The first kappa shape index (κ1) is 9.47. The molecular formula is C13H17N. The Labute approximate surface area is 85.6 Å². The monoisotopic (exact) mass is 187 g/mol. The van der Waals surface area contributed by atoms with E-state index < -0.39 is 0 Å². The lowest BCUT2D eigenvalue weighted by Crippen LogP contribution is -2.08. The quantitative estimate of drug-likeness (QED) is 0.757. The molecule has 2 N–H and O–H groups in total. The average Bonchev–Trinajstić information content (AvgIpc) is 2.59. The van der Waals surface area contributed by atoms with Gasteiger partial charge in [0.2, 0.25) is 0 Å². The second kappa shape index (κ2) is 3.58. The van der Waals surface area contributed by atoms with Gasteiger partial charge in [0.25, 0.3) is 0 Å². The third-order valence-corrected chi connectivity index (χ3v) is 2.94. The number of fused-ring (bicyclic) bond motifs is 1. The normalized spacial score (nSPS) is 19.0. The fourth-order valence-electron chi connectivity index (χ4n) is 1.96. The summed E-state index contributed by atoms with van der Waals surface area (Å²) in [7, 11) is 0. The standard InChI is InChI=1S/C13H17N/c1-9(2)10-5-6-13-11(7-10)3-4-12(13)8-14/h3-7,9,12H,8,14H2,1-2H3. The Morgan fingerprint density at radius 2 is 2.14 bits per heavy atom. The summed E-state index contributed by atoms with van der Waals surface area (Å²) in [5.74, 6) is 1.04. The van der Waals surface area contributed by atoms with Gasteiger partial charge in [-0.3, -0.25) is 0 Å². The van der Waals surface area contributed by atoms with Crippen LogP contribution in [-0.2, 0) is 0 Å². The first-order valence-corrected chi connectivity index (χ1v) is 5.24. The lowest BCUT2D eigenvalue weighted by molar-refractivity contribution is 0.847. The van der Waals surface area contributed by atoms with Crippen LogP contribution in [0.1, 0.15) is 42.4 Å². The van der Waals surface area contributed by atoms with Crippen molar-refractivity contribution < 1.29 is 0 Å². The summed E-state index contributed by atoms with van der Waals surface area (Å²) >= 11 is 0. The maximum atomic E-state index is 5.70. The first-order valence-electron chi connectivity index (χ1n) is 5.24. The van der Waals surface area contributed by atoms with Crippen molar-refractivity contribution in [2.75, 3.05) is 6.54 Å². The van der Waals surface area contributed by atoms with Gasteiger partial charge in [-0.1, -0.05) is 44.2 Å². The van der Waals surface area contributed by atoms with E-state index in [9.17, 15) is 0 Å². The van der Waals surface area contributed by atoms with Crippen LogP contribution in [0.4, 0.5) is 0 Å². The predicted octanol–water partition coefficient (Wildman–Crippen LogP) is 2.88. The molecule has 1 atom stereocenters. The maximum absolute atomic E-state index is 5.70. The molecule has 0 saturated heterocycles. The number of rotatable bonds is 2. The minimum Gasteiger partial charge on any atom is -0.330 e. The number of benzene rings is 1. The van der Waals surface area contributed by atoms with Crippen molar-refractivity contribution >= 4 is 6.08 Å². The van der Waals surface area contributed by atoms with Gasteiger partial charge in [0, 0.05) is 12.5 Å². The highest BCUT2D eigenvalue weighted by atomic mass is 14.5. The Balaban J connectivity index is 2.39. The van der Waals surface area contributed by atoms with Gasteiger partial charge in [0.05, 0.1) is 0 Å². The van der Waals surface area contributed by atoms with Crippen molar-refractivity contribution in [3.63, 3.8) is 0 Å². The molecule has 1 aliphatic rings. The van der Waals surface area contributed by atoms with Crippen LogP contribution < -0.4 is 5.73 Å². The van der Waals surface area contributed by atoms with Gasteiger partial charge < -0.3 is 5.73 Å². The van der Waals surface area contributed by atoms with Crippen LogP contribution in [0.3, 0.4) is 0 Å². The fourth-order valence-corrected chi connectivity index (χ4v) is 1.96. The third-order valence-electron chi connectivity index (χ3n) is 2.94. The molecule has 74 valence electrons. The summed E-state index contributed by atoms with van der Waals surface area (Å²) < 4.78 is 0. The molecule has 0 spiro atoms. The Kier molecular flexibility index (Phi) is 2.42. The molecule has 0 aromatic heterocycles. The Morgan fingerprint density at radius 1 is 1.36 bits per heavy atom. The SMILES string of the molecule is CC(C)c1ccc2c(c1)C=CC2CN. The van der Waals surface area contributed by atoms with Crippen molar-refractivity contribution in [3.05, 3.63) is 41.0 Å². The molecule has 1 heteroatoms. The average molecular weight is 187 g/mol. The summed E-state index contributed by atoms with van der Waals surface area (Å²) in [5, 5.41) is 0. The minimum atomic E-state index is 0.436. The van der Waals surface area contributed by atoms with Gasteiger partial charge in [0.1, 0.15) is 0 Å². The van der Waals surface area contributed by atoms with Gasteiger partial charge in [-0.25, -0.2) is 0 Å². The number of nitrogens with two attached hydrogens (primary N) is 1. The molecule has 1 aromatic carbocycles. The van der Waals surface area contributed by atoms with Gasteiger partial charge in [-0.05, 0) is 22.6 Å². The van der Waals surface area contributed by atoms with Gasteiger partial charge in [-0.2, -0.15) is 0 Å². The molecule has 0 aliphatic heterocycles. The van der Waals surface area contributed by atoms with Crippen LogP contribution in [-0.4, -0.2) is 6.54 Å². The van der Waals surface area contributed by atoms with E-state index in [0.29, 0.717) is 18.4 Å². The highest BCUT2D eigenvalue weighted by Gasteiger charge is 2.16. The minimum absolute atomic E-state index is 0.436. The van der Waals surface area contributed by atoms with Crippen LogP contribution in [0.15, 0.2) is 24.3 Å². The van der Waals surface area contributed by atoms with E-state index >= 15 is 0 Å².